The summed E-state index contributed by atoms with van der Waals surface area (Å²) in [7, 11) is 0. The highest BCUT2D eigenvalue weighted by Gasteiger charge is 2.28. The van der Waals surface area contributed by atoms with Crippen molar-refractivity contribution in [3.63, 3.8) is 0 Å². The monoisotopic (exact) mass is 529 g/mol. The molecule has 0 aromatic heterocycles. The summed E-state index contributed by atoms with van der Waals surface area (Å²) in [5.74, 6) is -3.39. The summed E-state index contributed by atoms with van der Waals surface area (Å²) in [6.07, 6.45) is 2.50. The van der Waals surface area contributed by atoms with Gasteiger partial charge in [0, 0.05) is 64.7 Å². The Morgan fingerprint density at radius 1 is 0.730 bits per heavy atom. The van der Waals surface area contributed by atoms with Gasteiger partial charge in [0.05, 0.1) is 13.1 Å². The molecule has 1 unspecified atom stereocenters. The lowest BCUT2D eigenvalue weighted by Crippen LogP contribution is -2.47. The van der Waals surface area contributed by atoms with Crippen LogP contribution in [0, 0.1) is 5.92 Å². The van der Waals surface area contributed by atoms with Gasteiger partial charge in [-0.25, -0.2) is 0 Å². The third-order valence-corrected chi connectivity index (χ3v) is 6.23. The quantitative estimate of drug-likeness (QED) is 0.161. The van der Waals surface area contributed by atoms with Crippen molar-refractivity contribution >= 4 is 29.7 Å². The highest BCUT2D eigenvalue weighted by atomic mass is 16.4. The fourth-order valence-electron chi connectivity index (χ4n) is 4.06. The minimum atomic E-state index is -1.08. The Kier molecular flexibility index (Phi) is 15.4. The van der Waals surface area contributed by atoms with Crippen LogP contribution in [0.1, 0.15) is 46.0 Å². The van der Waals surface area contributed by atoms with E-state index in [9.17, 15) is 39.3 Å². The molecule has 0 saturated carbocycles. The van der Waals surface area contributed by atoms with Crippen molar-refractivity contribution in [2.45, 2.75) is 52.0 Å². The topological polar surface area (TPSA) is 180 Å². The minimum Gasteiger partial charge on any atom is -0.480 e. The number of carbonyl (C=O) groups excluding carboxylic acids is 2. The van der Waals surface area contributed by atoms with Gasteiger partial charge in [0.25, 0.3) is 0 Å². The molecule has 1 atom stereocenters. The van der Waals surface area contributed by atoms with Gasteiger partial charge in [-0.15, -0.1) is 0 Å². The second-order valence-corrected chi connectivity index (χ2v) is 9.62. The average Bonchev–Trinajstić information content (AvgIpc) is 2.89. The fraction of sp³-hybridized carbons (Fsp3) is 0.792. The van der Waals surface area contributed by atoms with E-state index in [4.69, 9.17) is 0 Å². The molecule has 0 bridgehead atoms. The van der Waals surface area contributed by atoms with Crippen molar-refractivity contribution in [2.24, 2.45) is 5.92 Å². The second kappa shape index (κ2) is 17.6. The molecule has 1 heterocycles. The Morgan fingerprint density at radius 3 is 1.68 bits per heavy atom. The van der Waals surface area contributed by atoms with Gasteiger partial charge in [0.2, 0.25) is 11.8 Å². The number of carboxylic acids is 3. The molecule has 212 valence electrons. The van der Waals surface area contributed by atoms with E-state index in [1.165, 1.54) is 0 Å². The standard InChI is InChI=1S/C24H43N5O8/c1-18(2)23(35)26-9-5-3-4-8-25-20(30)7-6-19(24(36)37)29-14-12-27(16-21(31)32)10-11-28(13-15-29)17-22(33)34/h18-19H,3-17H2,1-2H3,(H,25,30)(H,26,35)(H,31,32)(H,33,34)(H,36,37). The number of nitrogens with zero attached hydrogens (tertiary/aromatic N) is 3. The third kappa shape index (κ3) is 14.5. The summed E-state index contributed by atoms with van der Waals surface area (Å²) in [4.78, 5) is 63.3. The van der Waals surface area contributed by atoms with E-state index in [1.54, 1.807) is 14.7 Å². The lowest BCUT2D eigenvalue weighted by Gasteiger charge is -2.30. The van der Waals surface area contributed by atoms with Crippen molar-refractivity contribution in [1.29, 1.82) is 0 Å². The fourth-order valence-corrected chi connectivity index (χ4v) is 4.06. The molecule has 2 amide bonds. The van der Waals surface area contributed by atoms with Crippen LogP contribution in [0.15, 0.2) is 0 Å². The molecule has 0 radical (unpaired) electrons. The molecule has 0 aromatic rings. The van der Waals surface area contributed by atoms with Gasteiger partial charge in [-0.3, -0.25) is 38.7 Å². The molecule has 5 N–H and O–H groups in total. The largest absolute Gasteiger partial charge is 0.480 e. The zero-order valence-corrected chi connectivity index (χ0v) is 22.0. The minimum absolute atomic E-state index is 0.0149. The predicted octanol–water partition coefficient (Wildman–Crippen LogP) is -0.633. The van der Waals surface area contributed by atoms with Crippen molar-refractivity contribution in [1.82, 2.24) is 25.3 Å². The van der Waals surface area contributed by atoms with E-state index in [2.05, 4.69) is 10.6 Å². The molecule has 1 rings (SSSR count). The van der Waals surface area contributed by atoms with Gasteiger partial charge in [-0.1, -0.05) is 13.8 Å². The summed E-state index contributed by atoms with van der Waals surface area (Å²) in [6.45, 7) is 6.21. The first-order chi connectivity index (χ1) is 17.5. The highest BCUT2D eigenvalue weighted by Crippen LogP contribution is 2.11. The molecule has 0 spiro atoms. The van der Waals surface area contributed by atoms with Gasteiger partial charge in [-0.2, -0.15) is 0 Å². The SMILES string of the molecule is CC(C)C(=O)NCCCCCNC(=O)CCC(C(=O)O)N1CCN(CC(=O)O)CCN(CC(=O)O)CC1. The van der Waals surface area contributed by atoms with Crippen LogP contribution in [0.4, 0.5) is 0 Å². The molecule has 13 heteroatoms. The van der Waals surface area contributed by atoms with E-state index in [0.29, 0.717) is 52.4 Å². The van der Waals surface area contributed by atoms with Crippen molar-refractivity contribution < 1.29 is 39.3 Å². The molecule has 1 aliphatic rings. The molecule has 1 fully saturated rings. The van der Waals surface area contributed by atoms with E-state index in [0.717, 1.165) is 19.3 Å². The number of aliphatic carboxylic acids is 3. The van der Waals surface area contributed by atoms with Crippen LogP contribution in [-0.2, 0) is 24.0 Å². The molecule has 1 aliphatic heterocycles. The van der Waals surface area contributed by atoms with E-state index < -0.39 is 23.9 Å². The number of unbranched alkanes of at least 4 members (excludes halogenated alkanes) is 2. The molecular weight excluding hydrogens is 486 g/mol. The summed E-state index contributed by atoms with van der Waals surface area (Å²) in [6, 6.07) is -0.952. The van der Waals surface area contributed by atoms with Crippen molar-refractivity contribution in [2.75, 3.05) is 65.4 Å². The first kappa shape index (κ1) is 32.3. The van der Waals surface area contributed by atoms with E-state index in [1.807, 2.05) is 13.8 Å². The normalized spacial score (nSPS) is 16.8. The maximum absolute atomic E-state index is 12.3. The van der Waals surface area contributed by atoms with Crippen LogP contribution in [-0.4, -0.2) is 131 Å². The average molecular weight is 530 g/mol. The van der Waals surface area contributed by atoms with Crippen LogP contribution in [0.3, 0.4) is 0 Å². The van der Waals surface area contributed by atoms with Crippen LogP contribution < -0.4 is 10.6 Å². The lowest BCUT2D eigenvalue weighted by molar-refractivity contribution is -0.144. The second-order valence-electron chi connectivity index (χ2n) is 9.62. The van der Waals surface area contributed by atoms with Gasteiger partial charge in [0.15, 0.2) is 0 Å². The summed E-state index contributed by atoms with van der Waals surface area (Å²) >= 11 is 0. The Labute approximate surface area is 218 Å². The Hall–Kier alpha value is -2.77. The van der Waals surface area contributed by atoms with Crippen LogP contribution in [0.2, 0.25) is 0 Å². The molecule has 0 aliphatic carbocycles. The summed E-state index contributed by atoms with van der Waals surface area (Å²) in [5, 5.41) is 33.8. The number of hydrogen-bond donors (Lipinski definition) is 5. The van der Waals surface area contributed by atoms with Crippen LogP contribution in [0.5, 0.6) is 0 Å². The maximum atomic E-state index is 12.3. The van der Waals surface area contributed by atoms with Gasteiger partial charge >= 0.3 is 17.9 Å². The Morgan fingerprint density at radius 2 is 1.22 bits per heavy atom. The van der Waals surface area contributed by atoms with Crippen LogP contribution >= 0.6 is 0 Å². The zero-order valence-electron chi connectivity index (χ0n) is 22.0. The number of carbonyl (C=O) groups is 5. The maximum Gasteiger partial charge on any atom is 0.320 e. The van der Waals surface area contributed by atoms with Crippen molar-refractivity contribution in [3.05, 3.63) is 0 Å². The molecule has 13 nitrogen and oxygen atoms in total. The first-order valence-electron chi connectivity index (χ1n) is 12.9. The number of hydrogen-bond acceptors (Lipinski definition) is 8. The highest BCUT2D eigenvalue weighted by molar-refractivity contribution is 5.78. The summed E-state index contributed by atoms with van der Waals surface area (Å²) < 4.78 is 0. The smallest absolute Gasteiger partial charge is 0.320 e. The number of amides is 2. The first-order valence-corrected chi connectivity index (χ1v) is 12.9. The van der Waals surface area contributed by atoms with Crippen LogP contribution in [0.25, 0.3) is 0 Å². The number of carboxylic acid groups (broad SMARTS) is 3. The zero-order chi connectivity index (χ0) is 27.8. The Bertz CT molecular complexity index is 735. The van der Waals surface area contributed by atoms with Gasteiger partial charge < -0.3 is 26.0 Å². The van der Waals surface area contributed by atoms with E-state index in [-0.39, 0.29) is 43.7 Å². The predicted molar refractivity (Wildman–Crippen MR) is 135 cm³/mol. The van der Waals surface area contributed by atoms with Gasteiger partial charge in [-0.05, 0) is 25.7 Å². The Balaban J connectivity index is 2.55. The number of nitrogens with one attached hydrogen (secondary N) is 2. The lowest BCUT2D eigenvalue weighted by atomic mass is 10.1. The van der Waals surface area contributed by atoms with Gasteiger partial charge in [0.1, 0.15) is 6.04 Å². The van der Waals surface area contributed by atoms with Crippen molar-refractivity contribution in [3.8, 4) is 0 Å². The molecule has 1 saturated heterocycles. The summed E-state index contributed by atoms with van der Waals surface area (Å²) in [5.41, 5.74) is 0. The third-order valence-electron chi connectivity index (χ3n) is 6.23. The van der Waals surface area contributed by atoms with E-state index >= 15 is 0 Å². The molecule has 37 heavy (non-hydrogen) atoms. The number of rotatable bonds is 16. The molecule has 0 aromatic carbocycles. The molecular formula is C24H43N5O8.